The van der Waals surface area contributed by atoms with Crippen LogP contribution >= 0.6 is 11.3 Å². The smallest absolute Gasteiger partial charge is 0.315 e. The average molecular weight is 328 g/mol. The van der Waals surface area contributed by atoms with Crippen molar-refractivity contribution in [1.29, 1.82) is 0 Å². The summed E-state index contributed by atoms with van der Waals surface area (Å²) in [5.74, 6) is 0.735. The van der Waals surface area contributed by atoms with Crippen LogP contribution in [-0.4, -0.2) is 32.1 Å². The van der Waals surface area contributed by atoms with Crippen molar-refractivity contribution < 1.29 is 4.79 Å². The van der Waals surface area contributed by atoms with E-state index in [1.807, 2.05) is 28.3 Å². The van der Waals surface area contributed by atoms with E-state index in [4.69, 9.17) is 0 Å². The van der Waals surface area contributed by atoms with Crippen molar-refractivity contribution in [2.45, 2.75) is 13.1 Å². The molecule has 0 saturated heterocycles. The predicted octanol–water partition coefficient (Wildman–Crippen LogP) is 1.90. The van der Waals surface area contributed by atoms with Gasteiger partial charge >= 0.3 is 6.03 Å². The van der Waals surface area contributed by atoms with E-state index in [0.29, 0.717) is 25.3 Å². The van der Waals surface area contributed by atoms with Crippen molar-refractivity contribution in [3.8, 4) is 11.5 Å². The molecule has 3 rings (SSSR count). The lowest BCUT2D eigenvalue weighted by Gasteiger charge is -2.09. The van der Waals surface area contributed by atoms with Gasteiger partial charge in [-0.2, -0.15) is 0 Å². The maximum absolute atomic E-state index is 11.8. The molecule has 3 heterocycles. The third kappa shape index (κ3) is 4.13. The number of carbonyl (C=O) groups excluding carboxylic acids is 1. The van der Waals surface area contributed by atoms with Gasteiger partial charge in [0.25, 0.3) is 0 Å². The van der Waals surface area contributed by atoms with Crippen LogP contribution in [0.5, 0.6) is 0 Å². The Morgan fingerprint density at radius 3 is 2.96 bits per heavy atom. The highest BCUT2D eigenvalue weighted by molar-refractivity contribution is 7.09. The number of nitrogens with one attached hydrogen (secondary N) is 2. The van der Waals surface area contributed by atoms with Crippen LogP contribution in [0.15, 0.2) is 48.5 Å². The Kier molecular flexibility index (Phi) is 4.95. The molecule has 2 N–H and O–H groups in total. The molecule has 8 heteroatoms. The highest BCUT2D eigenvalue weighted by Crippen LogP contribution is 2.12. The summed E-state index contributed by atoms with van der Waals surface area (Å²) in [5, 5.41) is 7.64. The van der Waals surface area contributed by atoms with E-state index < -0.39 is 0 Å². The summed E-state index contributed by atoms with van der Waals surface area (Å²) in [4.78, 5) is 25.5. The molecule has 0 aliphatic carbocycles. The normalized spacial score (nSPS) is 10.4. The molecule has 0 radical (unpaired) electrons. The topological polar surface area (TPSA) is 84.7 Å². The molecule has 0 aliphatic rings. The maximum atomic E-state index is 11.8. The van der Waals surface area contributed by atoms with Gasteiger partial charge in [-0.25, -0.2) is 14.8 Å². The first kappa shape index (κ1) is 15.2. The van der Waals surface area contributed by atoms with Crippen LogP contribution in [0, 0.1) is 0 Å². The number of hydrogen-bond acceptors (Lipinski definition) is 5. The number of rotatable bonds is 6. The third-order valence-electron chi connectivity index (χ3n) is 3.15. The van der Waals surface area contributed by atoms with Crippen molar-refractivity contribution in [3.05, 3.63) is 53.4 Å². The van der Waals surface area contributed by atoms with E-state index >= 15 is 0 Å². The molecule has 3 aromatic heterocycles. The summed E-state index contributed by atoms with van der Waals surface area (Å²) in [7, 11) is 0. The van der Waals surface area contributed by atoms with Crippen LogP contribution < -0.4 is 10.6 Å². The Labute approximate surface area is 137 Å². The molecule has 0 spiro atoms. The minimum absolute atomic E-state index is 0.181. The fourth-order valence-corrected chi connectivity index (χ4v) is 2.71. The van der Waals surface area contributed by atoms with Crippen LogP contribution in [0.1, 0.15) is 4.88 Å². The number of thiophene rings is 1. The molecule has 3 aromatic rings. The number of nitrogens with zero attached hydrogens (tertiary/aromatic N) is 4. The Balaban J connectivity index is 1.48. The van der Waals surface area contributed by atoms with E-state index in [2.05, 4.69) is 25.6 Å². The second-order valence-electron chi connectivity index (χ2n) is 4.72. The zero-order chi connectivity index (χ0) is 15.9. The minimum Gasteiger partial charge on any atom is -0.336 e. The number of aromatic nitrogens is 4. The molecular weight excluding hydrogens is 312 g/mol. The van der Waals surface area contributed by atoms with Crippen molar-refractivity contribution in [1.82, 2.24) is 30.2 Å². The number of hydrogen-bond donors (Lipinski definition) is 2. The largest absolute Gasteiger partial charge is 0.336 e. The molecule has 118 valence electrons. The van der Waals surface area contributed by atoms with Crippen LogP contribution in [0.3, 0.4) is 0 Å². The zero-order valence-electron chi connectivity index (χ0n) is 12.3. The van der Waals surface area contributed by atoms with Gasteiger partial charge in [0.05, 0.1) is 12.7 Å². The summed E-state index contributed by atoms with van der Waals surface area (Å²) in [6, 6.07) is 3.77. The summed E-state index contributed by atoms with van der Waals surface area (Å²) < 4.78 is 1.93. The molecule has 0 aliphatic heterocycles. The van der Waals surface area contributed by atoms with Gasteiger partial charge in [-0.15, -0.1) is 11.3 Å². The lowest BCUT2D eigenvalue weighted by atomic mass is 10.4. The van der Waals surface area contributed by atoms with E-state index in [0.717, 1.165) is 10.7 Å². The summed E-state index contributed by atoms with van der Waals surface area (Å²) in [6.07, 6.45) is 8.48. The SMILES string of the molecule is O=C(NCCn1ccnc1-c1cnccn1)NCc1cccs1. The van der Waals surface area contributed by atoms with Crippen LogP contribution in [0.4, 0.5) is 4.79 Å². The molecular formula is C15H16N6OS. The number of amides is 2. The van der Waals surface area contributed by atoms with Gasteiger partial charge in [-0.3, -0.25) is 4.98 Å². The predicted molar refractivity (Wildman–Crippen MR) is 87.8 cm³/mol. The molecule has 2 amide bonds. The van der Waals surface area contributed by atoms with Crippen molar-refractivity contribution in [2.24, 2.45) is 0 Å². The van der Waals surface area contributed by atoms with Crippen LogP contribution in [0.2, 0.25) is 0 Å². The van der Waals surface area contributed by atoms with E-state index in [1.54, 1.807) is 36.1 Å². The molecule has 7 nitrogen and oxygen atoms in total. The number of urea groups is 1. The summed E-state index contributed by atoms with van der Waals surface area (Å²) in [6.45, 7) is 1.65. The van der Waals surface area contributed by atoms with Gasteiger partial charge in [0.15, 0.2) is 5.82 Å². The van der Waals surface area contributed by atoms with Crippen LogP contribution in [-0.2, 0) is 13.1 Å². The average Bonchev–Trinajstić information content (AvgIpc) is 3.25. The fourth-order valence-electron chi connectivity index (χ4n) is 2.07. The molecule has 0 fully saturated rings. The molecule has 0 atom stereocenters. The van der Waals surface area contributed by atoms with Crippen molar-refractivity contribution in [2.75, 3.05) is 6.54 Å². The fraction of sp³-hybridized carbons (Fsp3) is 0.200. The second kappa shape index (κ2) is 7.50. The van der Waals surface area contributed by atoms with E-state index in [-0.39, 0.29) is 6.03 Å². The first-order valence-electron chi connectivity index (χ1n) is 7.14. The Morgan fingerprint density at radius 1 is 1.22 bits per heavy atom. The Bertz CT molecular complexity index is 740. The third-order valence-corrected chi connectivity index (χ3v) is 4.03. The second-order valence-corrected chi connectivity index (χ2v) is 5.76. The Morgan fingerprint density at radius 2 is 2.17 bits per heavy atom. The van der Waals surface area contributed by atoms with Crippen molar-refractivity contribution >= 4 is 17.4 Å². The van der Waals surface area contributed by atoms with Gasteiger partial charge in [-0.05, 0) is 11.4 Å². The monoisotopic (exact) mass is 328 g/mol. The maximum Gasteiger partial charge on any atom is 0.315 e. The highest BCUT2D eigenvalue weighted by atomic mass is 32.1. The van der Waals surface area contributed by atoms with Crippen LogP contribution in [0.25, 0.3) is 11.5 Å². The molecule has 23 heavy (non-hydrogen) atoms. The first-order valence-corrected chi connectivity index (χ1v) is 8.02. The lowest BCUT2D eigenvalue weighted by molar-refractivity contribution is 0.240. The van der Waals surface area contributed by atoms with Crippen molar-refractivity contribution in [3.63, 3.8) is 0 Å². The quantitative estimate of drug-likeness (QED) is 0.724. The van der Waals surface area contributed by atoms with Gasteiger partial charge < -0.3 is 15.2 Å². The van der Waals surface area contributed by atoms with Gasteiger partial charge in [0.2, 0.25) is 0 Å². The lowest BCUT2D eigenvalue weighted by Crippen LogP contribution is -2.36. The summed E-state index contributed by atoms with van der Waals surface area (Å²) >= 11 is 1.62. The van der Waals surface area contributed by atoms with E-state index in [1.165, 1.54) is 0 Å². The molecule has 0 saturated carbocycles. The molecule has 0 aromatic carbocycles. The zero-order valence-corrected chi connectivity index (χ0v) is 13.2. The number of imidazole rings is 1. The molecule has 0 unspecified atom stereocenters. The van der Waals surface area contributed by atoms with Gasteiger partial charge in [0, 0.05) is 42.8 Å². The first-order chi connectivity index (χ1) is 11.3. The van der Waals surface area contributed by atoms with Gasteiger partial charge in [0.1, 0.15) is 5.69 Å². The minimum atomic E-state index is -0.181. The Hall–Kier alpha value is -2.74. The number of carbonyl (C=O) groups is 1. The van der Waals surface area contributed by atoms with Gasteiger partial charge in [-0.1, -0.05) is 6.07 Å². The molecule has 0 bridgehead atoms. The summed E-state index contributed by atoms with van der Waals surface area (Å²) in [5.41, 5.74) is 0.708. The highest BCUT2D eigenvalue weighted by Gasteiger charge is 2.07. The van der Waals surface area contributed by atoms with E-state index in [9.17, 15) is 4.79 Å². The standard InChI is InChI=1S/C15H16N6OS/c22-15(20-10-12-2-1-9-23-12)19-6-8-21-7-5-18-14(21)13-11-16-3-4-17-13/h1-5,7,9,11H,6,8,10H2,(H2,19,20,22).